The van der Waals surface area contributed by atoms with E-state index in [0.29, 0.717) is 5.75 Å². The fourth-order valence-electron chi connectivity index (χ4n) is 2.31. The maximum absolute atomic E-state index is 11.6. The summed E-state index contributed by atoms with van der Waals surface area (Å²) in [6.07, 6.45) is 2.87. The average Bonchev–Trinajstić information content (AvgIpc) is 2.90. The van der Waals surface area contributed by atoms with Crippen LogP contribution >= 0.6 is 0 Å². The third-order valence-corrected chi connectivity index (χ3v) is 3.57. The number of carboxylic acids is 1. The number of allylic oxidation sites excluding steroid dienone is 1. The van der Waals surface area contributed by atoms with E-state index in [4.69, 9.17) is 4.74 Å². The first-order chi connectivity index (χ1) is 8.93. The predicted molar refractivity (Wildman–Crippen MR) is 67.0 cm³/mol. The largest absolute Gasteiger partial charge is 0.550 e. The minimum absolute atomic E-state index is 0.180. The molecule has 0 aromatic heterocycles. The monoisotopic (exact) mass is 259 g/mol. The van der Waals surface area contributed by atoms with Gasteiger partial charge in [0.05, 0.1) is 0 Å². The summed E-state index contributed by atoms with van der Waals surface area (Å²) in [5, 5.41) is 10.9. The molecule has 1 aliphatic rings. The molecule has 1 aromatic carbocycles. The molecule has 2 rings (SSSR count). The lowest BCUT2D eigenvalue weighted by Gasteiger charge is -2.01. The summed E-state index contributed by atoms with van der Waals surface area (Å²) >= 11 is 0. The first-order valence-corrected chi connectivity index (χ1v) is 6.09. The Hall–Kier alpha value is -2.10. The highest BCUT2D eigenvalue weighted by molar-refractivity contribution is 5.84. The number of hydrogen-bond acceptors (Lipinski definition) is 4. The van der Waals surface area contributed by atoms with Gasteiger partial charge in [-0.25, -0.2) is 4.79 Å². The van der Waals surface area contributed by atoms with E-state index in [0.717, 1.165) is 0 Å². The van der Waals surface area contributed by atoms with Crippen molar-refractivity contribution >= 4 is 11.9 Å². The zero-order valence-electron chi connectivity index (χ0n) is 10.8. The maximum Gasteiger partial charge on any atom is 0.335 e. The molecule has 2 unspecified atom stereocenters. The number of carbonyl (C=O) groups excluding carboxylic acids is 2. The Morgan fingerprint density at radius 2 is 1.89 bits per heavy atom. The molecule has 1 aromatic rings. The van der Waals surface area contributed by atoms with Crippen molar-refractivity contribution in [1.82, 2.24) is 0 Å². The number of hydrogen-bond donors (Lipinski definition) is 0. The maximum atomic E-state index is 11.6. The summed E-state index contributed by atoms with van der Waals surface area (Å²) in [6.45, 7) is 3.68. The Kier molecular flexibility index (Phi) is 3.42. The van der Waals surface area contributed by atoms with Crippen LogP contribution < -0.4 is 9.84 Å². The molecule has 1 aliphatic carbocycles. The van der Waals surface area contributed by atoms with E-state index in [1.807, 2.05) is 19.9 Å². The van der Waals surface area contributed by atoms with Crippen molar-refractivity contribution < 1.29 is 19.4 Å². The van der Waals surface area contributed by atoms with Gasteiger partial charge in [-0.15, -0.1) is 0 Å². The van der Waals surface area contributed by atoms with Crippen LogP contribution in [0.2, 0.25) is 0 Å². The lowest BCUT2D eigenvalue weighted by molar-refractivity contribution is -0.309. The quantitative estimate of drug-likeness (QED) is 0.462. The Morgan fingerprint density at radius 1 is 1.26 bits per heavy atom. The third-order valence-electron chi connectivity index (χ3n) is 3.57. The number of carbonyl (C=O) groups is 2. The molecule has 1 fully saturated rings. The van der Waals surface area contributed by atoms with Gasteiger partial charge in [-0.05, 0) is 23.5 Å². The van der Waals surface area contributed by atoms with E-state index >= 15 is 0 Å². The fraction of sp³-hybridized carbons (Fsp3) is 0.333. The van der Waals surface area contributed by atoms with Crippen LogP contribution in [0.15, 0.2) is 42.5 Å². The number of esters is 1. The van der Waals surface area contributed by atoms with Crippen LogP contribution in [0.3, 0.4) is 0 Å². The minimum atomic E-state index is -1.07. The Balaban J connectivity index is 1.94. The summed E-state index contributed by atoms with van der Waals surface area (Å²) in [5.74, 6) is -1.83. The molecular formula is C15H15O4-. The lowest BCUT2D eigenvalue weighted by atomic mass is 10.1. The van der Waals surface area contributed by atoms with Crippen molar-refractivity contribution in [2.75, 3.05) is 0 Å². The summed E-state index contributed by atoms with van der Waals surface area (Å²) in [7, 11) is 0. The van der Waals surface area contributed by atoms with E-state index in [1.54, 1.807) is 30.3 Å². The number of carboxylic acid groups (broad SMARTS) is 1. The van der Waals surface area contributed by atoms with Crippen LogP contribution in [0.25, 0.3) is 0 Å². The van der Waals surface area contributed by atoms with E-state index in [2.05, 4.69) is 0 Å². The minimum Gasteiger partial charge on any atom is -0.550 e. The van der Waals surface area contributed by atoms with E-state index < -0.39 is 17.9 Å². The Morgan fingerprint density at radius 3 is 2.42 bits per heavy atom. The van der Waals surface area contributed by atoms with Gasteiger partial charge in [0.25, 0.3) is 0 Å². The molecule has 0 amide bonds. The molecule has 0 heterocycles. The molecule has 2 atom stereocenters. The zero-order valence-corrected chi connectivity index (χ0v) is 10.8. The lowest BCUT2D eigenvalue weighted by Crippen LogP contribution is -2.26. The van der Waals surface area contributed by atoms with Gasteiger partial charge in [-0.3, -0.25) is 0 Å². The second-order valence-electron chi connectivity index (χ2n) is 5.24. The van der Waals surface area contributed by atoms with Crippen LogP contribution in [0.1, 0.15) is 13.8 Å². The smallest absolute Gasteiger partial charge is 0.335 e. The molecular weight excluding hydrogens is 244 g/mol. The molecule has 0 N–H and O–H groups in total. The first-order valence-electron chi connectivity index (χ1n) is 6.09. The number of ether oxygens (including phenoxy) is 1. The topological polar surface area (TPSA) is 66.4 Å². The van der Waals surface area contributed by atoms with Crippen molar-refractivity contribution in [3.8, 4) is 5.75 Å². The molecule has 4 nitrogen and oxygen atoms in total. The van der Waals surface area contributed by atoms with E-state index in [9.17, 15) is 14.7 Å². The van der Waals surface area contributed by atoms with Crippen LogP contribution in [-0.4, -0.2) is 11.9 Å². The van der Waals surface area contributed by atoms with Crippen LogP contribution in [0.4, 0.5) is 0 Å². The molecule has 19 heavy (non-hydrogen) atoms. The summed E-state index contributed by atoms with van der Waals surface area (Å²) < 4.78 is 5.07. The van der Waals surface area contributed by atoms with Gasteiger partial charge in [0.1, 0.15) is 5.75 Å². The highest BCUT2D eigenvalue weighted by Gasteiger charge is 2.56. The zero-order chi connectivity index (χ0) is 14.0. The summed E-state index contributed by atoms with van der Waals surface area (Å²) in [4.78, 5) is 22.4. The Labute approximate surface area is 111 Å². The van der Waals surface area contributed by atoms with Crippen LogP contribution in [0.5, 0.6) is 5.75 Å². The van der Waals surface area contributed by atoms with E-state index in [-0.39, 0.29) is 11.3 Å². The summed E-state index contributed by atoms with van der Waals surface area (Å²) in [6, 6.07) is 8.71. The molecule has 4 heteroatoms. The van der Waals surface area contributed by atoms with E-state index in [1.165, 1.54) is 6.08 Å². The number of rotatable bonds is 4. The molecule has 0 spiro atoms. The molecule has 0 bridgehead atoms. The predicted octanol–water partition coefficient (Wildman–Crippen LogP) is 1.17. The van der Waals surface area contributed by atoms with Crippen molar-refractivity contribution in [3.05, 3.63) is 42.5 Å². The van der Waals surface area contributed by atoms with Gasteiger partial charge in [-0.1, -0.05) is 38.1 Å². The highest BCUT2D eigenvalue weighted by atomic mass is 16.5. The molecule has 1 saturated carbocycles. The van der Waals surface area contributed by atoms with Crippen LogP contribution in [-0.2, 0) is 9.59 Å². The first kappa shape index (κ1) is 13.3. The SMILES string of the molecule is CC1(C)C(/C=C\C(=O)Oc2ccccc2)C1C(=O)[O-]. The number of para-hydroxylation sites is 1. The molecule has 100 valence electrons. The second-order valence-corrected chi connectivity index (χ2v) is 5.24. The van der Waals surface area contributed by atoms with Crippen molar-refractivity contribution in [2.24, 2.45) is 17.3 Å². The molecule has 0 radical (unpaired) electrons. The molecule has 0 saturated heterocycles. The van der Waals surface area contributed by atoms with Gasteiger partial charge in [0.2, 0.25) is 0 Å². The van der Waals surface area contributed by atoms with Crippen molar-refractivity contribution in [3.63, 3.8) is 0 Å². The molecule has 0 aliphatic heterocycles. The number of benzene rings is 1. The third kappa shape index (κ3) is 2.84. The fourth-order valence-corrected chi connectivity index (χ4v) is 2.31. The highest BCUT2D eigenvalue weighted by Crippen LogP contribution is 2.58. The second kappa shape index (κ2) is 4.88. The van der Waals surface area contributed by atoms with Gasteiger partial charge in [-0.2, -0.15) is 0 Å². The standard InChI is InChI=1S/C15H16O4/c1-15(2)11(13(15)14(17)18)8-9-12(16)19-10-6-4-3-5-7-10/h3-9,11,13H,1-2H3,(H,17,18)/p-1/b9-8-. The van der Waals surface area contributed by atoms with Gasteiger partial charge < -0.3 is 14.6 Å². The summed E-state index contributed by atoms with van der Waals surface area (Å²) in [5.41, 5.74) is -0.359. The van der Waals surface area contributed by atoms with Crippen molar-refractivity contribution in [2.45, 2.75) is 13.8 Å². The average molecular weight is 259 g/mol. The Bertz CT molecular complexity index is 516. The van der Waals surface area contributed by atoms with Gasteiger partial charge >= 0.3 is 5.97 Å². The van der Waals surface area contributed by atoms with Crippen LogP contribution in [0, 0.1) is 17.3 Å². The normalized spacial score (nSPS) is 24.1. The van der Waals surface area contributed by atoms with Gasteiger partial charge in [0, 0.05) is 18.0 Å². The van der Waals surface area contributed by atoms with Gasteiger partial charge in [0.15, 0.2) is 0 Å². The number of aliphatic carboxylic acids is 1. The van der Waals surface area contributed by atoms with Crippen molar-refractivity contribution in [1.29, 1.82) is 0 Å².